The molecule has 3 atom stereocenters. The lowest BCUT2D eigenvalue weighted by Crippen LogP contribution is -2.47. The molecule has 4 heteroatoms. The molecule has 1 aliphatic heterocycles. The maximum atomic E-state index is 13.0. The second-order valence-corrected chi connectivity index (χ2v) is 7.57. The second-order valence-electron chi connectivity index (χ2n) is 7.57. The van der Waals surface area contributed by atoms with Crippen molar-refractivity contribution in [2.24, 2.45) is 5.92 Å². The molecule has 2 aromatic carbocycles. The number of nitrogens with zero attached hydrogens (tertiary/aromatic N) is 1. The summed E-state index contributed by atoms with van der Waals surface area (Å²) in [6.07, 6.45) is 3.03. The standard InChI is InChI=1S/C22H25FN2O/c23-18-10-8-17(9-11-18)20-13-21(20)22(26)24-19-7-4-12-25(15-19)14-16-5-2-1-3-6-16/h1-3,5-6,8-11,19-21H,4,7,12-15H2,(H,24,26). The van der Waals surface area contributed by atoms with E-state index in [-0.39, 0.29) is 29.6 Å². The zero-order valence-corrected chi connectivity index (χ0v) is 14.9. The molecular formula is C22H25FN2O. The zero-order chi connectivity index (χ0) is 17.9. The summed E-state index contributed by atoms with van der Waals surface area (Å²) >= 11 is 0. The Kier molecular flexibility index (Phi) is 5.02. The van der Waals surface area contributed by atoms with E-state index in [0.29, 0.717) is 0 Å². The number of amides is 1. The highest BCUT2D eigenvalue weighted by molar-refractivity contribution is 5.83. The molecule has 1 aliphatic carbocycles. The number of rotatable bonds is 5. The molecule has 2 aromatic rings. The Morgan fingerprint density at radius 3 is 2.65 bits per heavy atom. The molecule has 136 valence electrons. The van der Waals surface area contributed by atoms with Crippen LogP contribution in [0.3, 0.4) is 0 Å². The van der Waals surface area contributed by atoms with Crippen LogP contribution in [0.25, 0.3) is 0 Å². The first-order valence-corrected chi connectivity index (χ1v) is 9.51. The van der Waals surface area contributed by atoms with Crippen LogP contribution in [0.4, 0.5) is 4.39 Å². The second kappa shape index (κ2) is 7.58. The summed E-state index contributed by atoms with van der Waals surface area (Å²) < 4.78 is 13.0. The SMILES string of the molecule is O=C(NC1CCCN(Cc2ccccc2)C1)C1CC1c1ccc(F)cc1. The molecule has 0 bridgehead atoms. The highest BCUT2D eigenvalue weighted by Gasteiger charge is 2.44. The van der Waals surface area contributed by atoms with E-state index in [4.69, 9.17) is 0 Å². The number of likely N-dealkylation sites (tertiary alicyclic amines) is 1. The highest BCUT2D eigenvalue weighted by atomic mass is 19.1. The van der Waals surface area contributed by atoms with Crippen molar-refractivity contribution < 1.29 is 9.18 Å². The van der Waals surface area contributed by atoms with Gasteiger partial charge in [-0.25, -0.2) is 4.39 Å². The van der Waals surface area contributed by atoms with Gasteiger partial charge >= 0.3 is 0 Å². The van der Waals surface area contributed by atoms with Crippen molar-refractivity contribution in [3.05, 3.63) is 71.5 Å². The predicted molar refractivity (Wildman–Crippen MR) is 100 cm³/mol. The molecular weight excluding hydrogens is 327 g/mol. The molecule has 0 spiro atoms. The van der Waals surface area contributed by atoms with Gasteiger partial charge in [-0.3, -0.25) is 9.69 Å². The third kappa shape index (κ3) is 4.13. The molecule has 0 aromatic heterocycles. The van der Waals surface area contributed by atoms with Crippen LogP contribution in [0.15, 0.2) is 54.6 Å². The molecule has 3 nitrogen and oxygen atoms in total. The van der Waals surface area contributed by atoms with Crippen molar-refractivity contribution in [2.75, 3.05) is 13.1 Å². The Labute approximate surface area is 154 Å². The third-order valence-corrected chi connectivity index (χ3v) is 5.53. The van der Waals surface area contributed by atoms with E-state index in [1.54, 1.807) is 12.1 Å². The van der Waals surface area contributed by atoms with E-state index >= 15 is 0 Å². The van der Waals surface area contributed by atoms with Crippen LogP contribution in [0.1, 0.15) is 36.3 Å². The van der Waals surface area contributed by atoms with Crippen LogP contribution in [0, 0.1) is 11.7 Å². The first kappa shape index (κ1) is 17.2. The first-order chi connectivity index (χ1) is 12.7. The molecule has 1 saturated heterocycles. The summed E-state index contributed by atoms with van der Waals surface area (Å²) in [4.78, 5) is 15.0. The maximum Gasteiger partial charge on any atom is 0.224 e. The third-order valence-electron chi connectivity index (χ3n) is 5.53. The fourth-order valence-corrected chi connectivity index (χ4v) is 4.03. The lowest BCUT2D eigenvalue weighted by Gasteiger charge is -2.33. The Bertz CT molecular complexity index is 746. The Morgan fingerprint density at radius 1 is 1.12 bits per heavy atom. The fourth-order valence-electron chi connectivity index (χ4n) is 4.03. The van der Waals surface area contributed by atoms with Crippen LogP contribution in [-0.2, 0) is 11.3 Å². The van der Waals surface area contributed by atoms with Crippen molar-refractivity contribution in [2.45, 2.75) is 37.8 Å². The van der Waals surface area contributed by atoms with E-state index < -0.39 is 0 Å². The average Bonchev–Trinajstić information content (AvgIpc) is 3.44. The number of hydrogen-bond acceptors (Lipinski definition) is 2. The summed E-state index contributed by atoms with van der Waals surface area (Å²) in [6.45, 7) is 2.94. The van der Waals surface area contributed by atoms with Crippen LogP contribution >= 0.6 is 0 Å². The largest absolute Gasteiger partial charge is 0.352 e. The van der Waals surface area contributed by atoms with Gasteiger partial charge in [0.1, 0.15) is 5.82 Å². The molecule has 1 saturated carbocycles. The Morgan fingerprint density at radius 2 is 1.88 bits per heavy atom. The van der Waals surface area contributed by atoms with E-state index in [0.717, 1.165) is 44.5 Å². The lowest BCUT2D eigenvalue weighted by molar-refractivity contribution is -0.123. The monoisotopic (exact) mass is 352 g/mol. The smallest absolute Gasteiger partial charge is 0.224 e. The Balaban J connectivity index is 1.28. The summed E-state index contributed by atoms with van der Waals surface area (Å²) in [5, 5.41) is 3.25. The van der Waals surface area contributed by atoms with Crippen molar-refractivity contribution >= 4 is 5.91 Å². The van der Waals surface area contributed by atoms with Gasteiger partial charge in [0.2, 0.25) is 5.91 Å². The van der Waals surface area contributed by atoms with Crippen LogP contribution in [0.2, 0.25) is 0 Å². The number of benzene rings is 2. The van der Waals surface area contributed by atoms with Gasteiger partial charge < -0.3 is 5.32 Å². The molecule has 0 radical (unpaired) electrons. The number of piperidine rings is 1. The summed E-state index contributed by atoms with van der Waals surface area (Å²) in [5.41, 5.74) is 2.39. The summed E-state index contributed by atoms with van der Waals surface area (Å²) in [7, 11) is 0. The van der Waals surface area contributed by atoms with Gasteiger partial charge in [0.15, 0.2) is 0 Å². The van der Waals surface area contributed by atoms with E-state index in [1.807, 2.05) is 6.07 Å². The van der Waals surface area contributed by atoms with Gasteiger partial charge in [0.05, 0.1) is 0 Å². The minimum atomic E-state index is -0.226. The van der Waals surface area contributed by atoms with Crippen molar-refractivity contribution in [1.82, 2.24) is 10.2 Å². The average molecular weight is 352 g/mol. The van der Waals surface area contributed by atoms with Gasteiger partial charge in [0.25, 0.3) is 0 Å². The molecule has 2 aliphatic rings. The van der Waals surface area contributed by atoms with Crippen molar-refractivity contribution in [3.63, 3.8) is 0 Å². The molecule has 26 heavy (non-hydrogen) atoms. The van der Waals surface area contributed by atoms with Crippen LogP contribution in [0.5, 0.6) is 0 Å². The summed E-state index contributed by atoms with van der Waals surface area (Å²) in [6, 6.07) is 17.3. The fraction of sp³-hybridized carbons (Fsp3) is 0.409. The topological polar surface area (TPSA) is 32.3 Å². The zero-order valence-electron chi connectivity index (χ0n) is 14.9. The number of hydrogen-bond donors (Lipinski definition) is 1. The summed E-state index contributed by atoms with van der Waals surface area (Å²) in [5.74, 6) is 0.228. The molecule has 4 rings (SSSR count). The van der Waals surface area contributed by atoms with E-state index in [1.165, 1.54) is 17.7 Å². The normalized spacial score (nSPS) is 25.7. The molecule has 1 N–H and O–H groups in total. The van der Waals surface area contributed by atoms with Crippen molar-refractivity contribution in [3.8, 4) is 0 Å². The van der Waals surface area contributed by atoms with Gasteiger partial charge in [-0.15, -0.1) is 0 Å². The number of halogens is 1. The lowest BCUT2D eigenvalue weighted by atomic mass is 10.0. The number of carbonyl (C=O) groups excluding carboxylic acids is 1. The van der Waals surface area contributed by atoms with Gasteiger partial charge in [-0.05, 0) is 55.0 Å². The number of carbonyl (C=O) groups is 1. The maximum absolute atomic E-state index is 13.0. The van der Waals surface area contributed by atoms with Crippen LogP contribution < -0.4 is 5.32 Å². The molecule has 1 heterocycles. The van der Waals surface area contributed by atoms with Gasteiger partial charge in [-0.2, -0.15) is 0 Å². The molecule has 3 unspecified atom stereocenters. The van der Waals surface area contributed by atoms with Crippen molar-refractivity contribution in [1.29, 1.82) is 0 Å². The van der Waals surface area contributed by atoms with Gasteiger partial charge in [0, 0.05) is 25.0 Å². The minimum Gasteiger partial charge on any atom is -0.352 e. The molecule has 2 fully saturated rings. The highest BCUT2D eigenvalue weighted by Crippen LogP contribution is 2.47. The minimum absolute atomic E-state index is 0.0463. The molecule has 1 amide bonds. The van der Waals surface area contributed by atoms with Gasteiger partial charge in [-0.1, -0.05) is 42.5 Å². The number of nitrogens with one attached hydrogen (secondary N) is 1. The predicted octanol–water partition coefficient (Wildman–Crippen LogP) is 3.71. The first-order valence-electron chi connectivity index (χ1n) is 9.51. The van der Waals surface area contributed by atoms with Crippen LogP contribution in [-0.4, -0.2) is 29.9 Å². The van der Waals surface area contributed by atoms with E-state index in [9.17, 15) is 9.18 Å². The quantitative estimate of drug-likeness (QED) is 0.890. The Hall–Kier alpha value is -2.20. The van der Waals surface area contributed by atoms with E-state index in [2.05, 4.69) is 34.5 Å².